The van der Waals surface area contributed by atoms with E-state index in [9.17, 15) is 9.59 Å². The van der Waals surface area contributed by atoms with Crippen LogP contribution in [0.15, 0.2) is 121 Å². The van der Waals surface area contributed by atoms with Gasteiger partial charge in [0.2, 0.25) is 0 Å². The highest BCUT2D eigenvalue weighted by Crippen LogP contribution is 2.36. The number of nitrogens with zero attached hydrogens (tertiary/aromatic N) is 1. The molecular weight excluding hydrogens is 689 g/mol. The van der Waals surface area contributed by atoms with E-state index in [0.29, 0.717) is 35.8 Å². The van der Waals surface area contributed by atoms with Crippen LogP contribution < -0.4 is 14.4 Å². The predicted molar refractivity (Wildman–Crippen MR) is 190 cm³/mol. The summed E-state index contributed by atoms with van der Waals surface area (Å²) >= 11 is 2.25. The minimum absolute atomic E-state index is 0.0816. The van der Waals surface area contributed by atoms with Crippen molar-refractivity contribution < 1.29 is 23.8 Å². The number of esters is 1. The van der Waals surface area contributed by atoms with E-state index in [1.54, 1.807) is 17.0 Å². The second kappa shape index (κ2) is 15.6. The van der Waals surface area contributed by atoms with Crippen molar-refractivity contribution in [3.05, 3.63) is 158 Å². The smallest absolute Gasteiger partial charge is 0.337 e. The molecule has 0 bridgehead atoms. The van der Waals surface area contributed by atoms with Crippen LogP contribution in [0.2, 0.25) is 0 Å². The molecule has 234 valence electrons. The third-order valence-corrected chi connectivity index (χ3v) is 8.26. The standard InChI is InChI=1S/C39H36INO5/c1-27(2)34-22-35(37(46-26-30-12-8-5-9-13-30)23-36(34)45-25-29-10-6-4-7-11-29)38(42)41(33-20-18-32(40)19-21-33)24-28-14-16-31(17-15-28)39(43)44-3/h4-23,27H,24-26H2,1-3H3. The molecule has 7 heteroatoms. The maximum absolute atomic E-state index is 14.7. The number of amides is 1. The van der Waals surface area contributed by atoms with Crippen LogP contribution in [-0.4, -0.2) is 19.0 Å². The van der Waals surface area contributed by atoms with Crippen LogP contribution in [0.3, 0.4) is 0 Å². The third-order valence-electron chi connectivity index (χ3n) is 7.54. The summed E-state index contributed by atoms with van der Waals surface area (Å²) in [5.74, 6) is 0.583. The molecule has 0 spiro atoms. The maximum Gasteiger partial charge on any atom is 0.337 e. The fourth-order valence-electron chi connectivity index (χ4n) is 5.00. The molecule has 0 radical (unpaired) electrons. The lowest BCUT2D eigenvalue weighted by atomic mass is 9.97. The highest BCUT2D eigenvalue weighted by molar-refractivity contribution is 14.1. The van der Waals surface area contributed by atoms with Crippen LogP contribution in [0.5, 0.6) is 11.5 Å². The molecule has 0 N–H and O–H groups in total. The molecule has 0 saturated carbocycles. The predicted octanol–water partition coefficient (Wildman–Crippen LogP) is 9.21. The van der Waals surface area contributed by atoms with Crippen molar-refractivity contribution in [3.63, 3.8) is 0 Å². The molecule has 0 aliphatic carbocycles. The number of ether oxygens (including phenoxy) is 3. The van der Waals surface area contributed by atoms with Gasteiger partial charge >= 0.3 is 5.97 Å². The van der Waals surface area contributed by atoms with Crippen molar-refractivity contribution in [1.82, 2.24) is 0 Å². The largest absolute Gasteiger partial charge is 0.488 e. The Morgan fingerprint density at radius 1 is 0.696 bits per heavy atom. The fourth-order valence-corrected chi connectivity index (χ4v) is 5.36. The summed E-state index contributed by atoms with van der Waals surface area (Å²) in [4.78, 5) is 28.4. The molecule has 0 fully saturated rings. The normalized spacial score (nSPS) is 10.8. The first kappa shape index (κ1) is 32.8. The second-order valence-corrected chi connectivity index (χ2v) is 12.4. The number of methoxy groups -OCH3 is 1. The van der Waals surface area contributed by atoms with Crippen molar-refractivity contribution >= 4 is 40.2 Å². The zero-order valence-corrected chi connectivity index (χ0v) is 28.3. The molecule has 0 atom stereocenters. The monoisotopic (exact) mass is 725 g/mol. The van der Waals surface area contributed by atoms with Crippen LogP contribution in [0, 0.1) is 3.57 Å². The number of carbonyl (C=O) groups is 2. The highest BCUT2D eigenvalue weighted by Gasteiger charge is 2.25. The van der Waals surface area contributed by atoms with Gasteiger partial charge in [0.1, 0.15) is 24.7 Å². The van der Waals surface area contributed by atoms with Gasteiger partial charge in [0.15, 0.2) is 0 Å². The molecule has 5 aromatic carbocycles. The number of hydrogen-bond donors (Lipinski definition) is 0. The summed E-state index contributed by atoms with van der Waals surface area (Å²) in [6.07, 6.45) is 0. The molecule has 0 aliphatic heterocycles. The molecule has 1 amide bonds. The number of rotatable bonds is 12. The van der Waals surface area contributed by atoms with Gasteiger partial charge in [-0.05, 0) is 93.2 Å². The van der Waals surface area contributed by atoms with Crippen LogP contribution in [0.4, 0.5) is 5.69 Å². The molecule has 5 aromatic rings. The van der Waals surface area contributed by atoms with Crippen LogP contribution >= 0.6 is 22.6 Å². The summed E-state index contributed by atoms with van der Waals surface area (Å²) in [7, 11) is 1.36. The molecule has 0 aromatic heterocycles. The number of anilines is 1. The van der Waals surface area contributed by atoms with E-state index in [0.717, 1.165) is 31.5 Å². The van der Waals surface area contributed by atoms with Gasteiger partial charge in [-0.3, -0.25) is 4.79 Å². The Labute approximate surface area is 284 Å². The molecule has 0 heterocycles. The average molecular weight is 726 g/mol. The molecular formula is C39H36INO5. The second-order valence-electron chi connectivity index (χ2n) is 11.1. The Kier molecular flexibility index (Phi) is 11.1. The van der Waals surface area contributed by atoms with E-state index in [-0.39, 0.29) is 18.4 Å². The van der Waals surface area contributed by atoms with E-state index in [2.05, 4.69) is 36.4 Å². The first-order valence-electron chi connectivity index (χ1n) is 15.1. The Morgan fingerprint density at radius 3 is 1.80 bits per heavy atom. The SMILES string of the molecule is COC(=O)c1ccc(CN(C(=O)c2cc(C(C)C)c(OCc3ccccc3)cc2OCc2ccccc2)c2ccc(I)cc2)cc1. The van der Waals surface area contributed by atoms with Crippen LogP contribution in [0.1, 0.15) is 62.7 Å². The Morgan fingerprint density at radius 2 is 1.26 bits per heavy atom. The van der Waals surface area contributed by atoms with Crippen molar-refractivity contribution in [2.24, 2.45) is 0 Å². The van der Waals surface area contributed by atoms with E-state index >= 15 is 0 Å². The molecule has 46 heavy (non-hydrogen) atoms. The molecule has 5 rings (SSSR count). The number of benzene rings is 5. The lowest BCUT2D eigenvalue weighted by Crippen LogP contribution is -2.31. The number of hydrogen-bond acceptors (Lipinski definition) is 5. The van der Waals surface area contributed by atoms with E-state index in [4.69, 9.17) is 14.2 Å². The highest BCUT2D eigenvalue weighted by atomic mass is 127. The molecule has 0 unspecified atom stereocenters. The minimum atomic E-state index is -0.409. The van der Waals surface area contributed by atoms with Gasteiger partial charge in [-0.15, -0.1) is 0 Å². The van der Waals surface area contributed by atoms with Gasteiger partial charge in [-0.2, -0.15) is 0 Å². The van der Waals surface area contributed by atoms with Gasteiger partial charge in [-0.25, -0.2) is 4.79 Å². The zero-order chi connectivity index (χ0) is 32.5. The van der Waals surface area contributed by atoms with Gasteiger partial charge in [-0.1, -0.05) is 86.6 Å². The number of carbonyl (C=O) groups excluding carboxylic acids is 2. The lowest BCUT2D eigenvalue weighted by molar-refractivity contribution is 0.0600. The first-order chi connectivity index (χ1) is 22.3. The van der Waals surface area contributed by atoms with Crippen molar-refractivity contribution in [2.45, 2.75) is 39.5 Å². The summed E-state index contributed by atoms with van der Waals surface area (Å²) < 4.78 is 18.7. The Bertz CT molecular complexity index is 1760. The summed E-state index contributed by atoms with van der Waals surface area (Å²) in [5.41, 5.74) is 5.44. The van der Waals surface area contributed by atoms with Gasteiger partial charge in [0, 0.05) is 15.3 Å². The third kappa shape index (κ3) is 8.34. The Balaban J connectivity index is 1.55. The minimum Gasteiger partial charge on any atom is -0.488 e. The topological polar surface area (TPSA) is 65.1 Å². The van der Waals surface area contributed by atoms with E-state index in [1.165, 1.54) is 7.11 Å². The molecule has 6 nitrogen and oxygen atoms in total. The summed E-state index contributed by atoms with van der Waals surface area (Å²) in [6, 6.07) is 38.6. The lowest BCUT2D eigenvalue weighted by Gasteiger charge is -2.26. The van der Waals surface area contributed by atoms with E-state index in [1.807, 2.05) is 109 Å². The van der Waals surface area contributed by atoms with Gasteiger partial charge in [0.25, 0.3) is 5.91 Å². The van der Waals surface area contributed by atoms with Crippen molar-refractivity contribution in [1.29, 1.82) is 0 Å². The summed E-state index contributed by atoms with van der Waals surface area (Å²) in [5, 5.41) is 0. The fraction of sp³-hybridized carbons (Fsp3) is 0.179. The van der Waals surface area contributed by atoms with Crippen LogP contribution in [-0.2, 0) is 24.5 Å². The quantitative estimate of drug-likeness (QED) is 0.0949. The zero-order valence-electron chi connectivity index (χ0n) is 26.1. The molecule has 0 aliphatic rings. The Hall–Kier alpha value is -4.63. The van der Waals surface area contributed by atoms with Gasteiger partial charge in [0.05, 0.1) is 24.8 Å². The van der Waals surface area contributed by atoms with Gasteiger partial charge < -0.3 is 19.1 Å². The van der Waals surface area contributed by atoms with Crippen LogP contribution in [0.25, 0.3) is 0 Å². The summed E-state index contributed by atoms with van der Waals surface area (Å²) in [6.45, 7) is 5.13. The maximum atomic E-state index is 14.7. The molecule has 0 saturated heterocycles. The van der Waals surface area contributed by atoms with E-state index < -0.39 is 5.97 Å². The van der Waals surface area contributed by atoms with Crippen molar-refractivity contribution in [2.75, 3.05) is 12.0 Å². The van der Waals surface area contributed by atoms with Crippen molar-refractivity contribution in [3.8, 4) is 11.5 Å². The first-order valence-corrected chi connectivity index (χ1v) is 16.2. The average Bonchev–Trinajstić information content (AvgIpc) is 3.09. The number of halogens is 1.